The van der Waals surface area contributed by atoms with Gasteiger partial charge in [-0.25, -0.2) is 9.97 Å². The molecular weight excluding hydrogens is 459 g/mol. The zero-order valence-electron chi connectivity index (χ0n) is 21.2. The van der Waals surface area contributed by atoms with Crippen molar-refractivity contribution in [2.75, 3.05) is 30.4 Å². The first-order chi connectivity index (χ1) is 16.9. The number of hydrogen-bond donors (Lipinski definition) is 4. The van der Waals surface area contributed by atoms with Gasteiger partial charge in [0, 0.05) is 49.1 Å². The molecule has 2 fully saturated rings. The van der Waals surface area contributed by atoms with E-state index in [4.69, 9.17) is 27.1 Å². The van der Waals surface area contributed by atoms with Crippen molar-refractivity contribution in [1.29, 1.82) is 0 Å². The normalized spacial score (nSPS) is 22.9. The van der Waals surface area contributed by atoms with Crippen LogP contribution >= 0.6 is 11.6 Å². The molecule has 1 aliphatic carbocycles. The third-order valence-electron chi connectivity index (χ3n) is 7.31. The van der Waals surface area contributed by atoms with Crippen molar-refractivity contribution in [3.05, 3.63) is 35.5 Å². The van der Waals surface area contributed by atoms with E-state index in [2.05, 4.69) is 34.7 Å². The highest BCUT2D eigenvalue weighted by Crippen LogP contribution is 2.30. The molecule has 5 N–H and O–H groups in total. The number of nitrogens with one attached hydrogen (secondary N) is 3. The molecule has 1 aliphatic heterocycles. The quantitative estimate of drug-likeness (QED) is 0.362. The predicted molar refractivity (Wildman–Crippen MR) is 148 cm³/mol. The Balaban J connectivity index is 1.36. The Kier molecular flexibility index (Phi) is 9.28. The van der Waals surface area contributed by atoms with Gasteiger partial charge in [-0.2, -0.15) is 0 Å². The third kappa shape index (κ3) is 7.56. The maximum Gasteiger partial charge on any atom is 0.126 e. The van der Waals surface area contributed by atoms with Gasteiger partial charge in [0.1, 0.15) is 18.9 Å². The van der Waals surface area contributed by atoms with E-state index >= 15 is 0 Å². The zero-order chi connectivity index (χ0) is 24.7. The summed E-state index contributed by atoms with van der Waals surface area (Å²) in [6.45, 7) is 6.63. The van der Waals surface area contributed by atoms with Crippen molar-refractivity contribution < 1.29 is 4.74 Å². The van der Waals surface area contributed by atoms with Crippen molar-refractivity contribution in [2.45, 2.75) is 82.3 Å². The Morgan fingerprint density at radius 1 is 1.17 bits per heavy atom. The minimum absolute atomic E-state index is 0.260. The van der Waals surface area contributed by atoms with E-state index in [1.54, 1.807) is 6.20 Å². The van der Waals surface area contributed by atoms with E-state index in [-0.39, 0.29) is 5.54 Å². The molecule has 1 saturated heterocycles. The number of rotatable bonds is 10. The summed E-state index contributed by atoms with van der Waals surface area (Å²) in [4.78, 5) is 9.36. The highest BCUT2D eigenvalue weighted by atomic mass is 35.5. The fourth-order valence-corrected chi connectivity index (χ4v) is 5.35. The van der Waals surface area contributed by atoms with E-state index < -0.39 is 0 Å². The Hall–Kier alpha value is -1.87. The fourth-order valence-electron chi connectivity index (χ4n) is 5.15. The SMILES string of the molecule is CBC[C@H](C)N[C@H]1CC[C@H](Nc2cc(-c3cccc(NCC4(N)CCOCC4)n3)c(Cl)cn2)CC1. The van der Waals surface area contributed by atoms with Gasteiger partial charge in [0.25, 0.3) is 0 Å². The summed E-state index contributed by atoms with van der Waals surface area (Å²) in [5.41, 5.74) is 7.96. The Morgan fingerprint density at radius 2 is 1.91 bits per heavy atom. The van der Waals surface area contributed by atoms with Crippen LogP contribution in [0, 0.1) is 0 Å². The van der Waals surface area contributed by atoms with Gasteiger partial charge in [0.2, 0.25) is 0 Å². The monoisotopic (exact) mass is 498 g/mol. The van der Waals surface area contributed by atoms with Crippen LogP contribution in [-0.4, -0.2) is 60.7 Å². The second-order valence-electron chi connectivity index (χ2n) is 10.3. The molecule has 190 valence electrons. The molecule has 2 aliphatic rings. The molecule has 0 aromatic carbocycles. The van der Waals surface area contributed by atoms with E-state index in [0.717, 1.165) is 48.6 Å². The lowest BCUT2D eigenvalue weighted by Crippen LogP contribution is -2.50. The second-order valence-corrected chi connectivity index (χ2v) is 10.7. The van der Waals surface area contributed by atoms with Gasteiger partial charge in [-0.1, -0.05) is 37.7 Å². The summed E-state index contributed by atoms with van der Waals surface area (Å²) in [6.07, 6.45) is 9.31. The summed E-state index contributed by atoms with van der Waals surface area (Å²) in [5, 5.41) is 11.4. The average Bonchev–Trinajstić information content (AvgIpc) is 2.86. The lowest BCUT2D eigenvalue weighted by molar-refractivity contribution is 0.0574. The Bertz CT molecular complexity index is 949. The molecule has 3 heterocycles. The largest absolute Gasteiger partial charge is 0.381 e. The molecule has 0 spiro atoms. The van der Waals surface area contributed by atoms with Gasteiger partial charge in [0.15, 0.2) is 0 Å². The average molecular weight is 499 g/mol. The molecule has 1 atom stereocenters. The predicted octanol–water partition coefficient (Wildman–Crippen LogP) is 4.32. The van der Waals surface area contributed by atoms with Crippen LogP contribution in [0.25, 0.3) is 11.3 Å². The van der Waals surface area contributed by atoms with Crippen LogP contribution in [0.5, 0.6) is 0 Å². The van der Waals surface area contributed by atoms with Crippen molar-refractivity contribution in [2.24, 2.45) is 5.73 Å². The molecule has 2 aromatic heterocycles. The van der Waals surface area contributed by atoms with Crippen molar-refractivity contribution in [3.63, 3.8) is 0 Å². The molecule has 0 bridgehead atoms. The third-order valence-corrected chi connectivity index (χ3v) is 7.61. The number of halogens is 1. The summed E-state index contributed by atoms with van der Waals surface area (Å²) >= 11 is 6.55. The maximum absolute atomic E-state index is 6.55. The van der Waals surface area contributed by atoms with Crippen LogP contribution < -0.4 is 21.7 Å². The van der Waals surface area contributed by atoms with Crippen LogP contribution in [0.2, 0.25) is 18.2 Å². The van der Waals surface area contributed by atoms with Gasteiger partial charge < -0.3 is 26.4 Å². The molecule has 0 amide bonds. The summed E-state index contributed by atoms with van der Waals surface area (Å²) in [6, 6.07) is 9.61. The maximum atomic E-state index is 6.55. The number of ether oxygens (including phenoxy) is 1. The van der Waals surface area contributed by atoms with Gasteiger partial charge in [0.05, 0.1) is 10.7 Å². The molecule has 0 radical (unpaired) electrons. The minimum Gasteiger partial charge on any atom is -0.381 e. The molecule has 4 rings (SSSR count). The zero-order valence-corrected chi connectivity index (χ0v) is 21.9. The first-order valence-electron chi connectivity index (χ1n) is 13.2. The van der Waals surface area contributed by atoms with E-state index in [9.17, 15) is 0 Å². The lowest BCUT2D eigenvalue weighted by Gasteiger charge is -2.33. The van der Waals surface area contributed by atoms with Crippen molar-refractivity contribution in [3.8, 4) is 11.3 Å². The van der Waals surface area contributed by atoms with Crippen molar-refractivity contribution >= 4 is 30.5 Å². The van der Waals surface area contributed by atoms with Gasteiger partial charge >= 0.3 is 0 Å². The van der Waals surface area contributed by atoms with Crippen LogP contribution in [-0.2, 0) is 4.74 Å². The summed E-state index contributed by atoms with van der Waals surface area (Å²) in [5.74, 6) is 1.65. The summed E-state index contributed by atoms with van der Waals surface area (Å²) < 4.78 is 5.45. The topological polar surface area (TPSA) is 97.1 Å². The second kappa shape index (κ2) is 12.4. The number of nitrogens with zero attached hydrogens (tertiary/aromatic N) is 2. The summed E-state index contributed by atoms with van der Waals surface area (Å²) in [7, 11) is 1.23. The molecule has 7 nitrogen and oxygen atoms in total. The highest BCUT2D eigenvalue weighted by molar-refractivity contribution is 6.33. The Labute approximate surface area is 215 Å². The van der Waals surface area contributed by atoms with E-state index in [1.165, 1.54) is 26.4 Å². The molecule has 1 saturated carbocycles. The molecular formula is C26H40BClN6O. The number of aromatic nitrogens is 2. The first-order valence-corrected chi connectivity index (χ1v) is 13.6. The molecule has 0 unspecified atom stereocenters. The van der Waals surface area contributed by atoms with Crippen molar-refractivity contribution in [1.82, 2.24) is 15.3 Å². The number of nitrogens with two attached hydrogens (primary N) is 1. The van der Waals surface area contributed by atoms with Crippen LogP contribution in [0.3, 0.4) is 0 Å². The minimum atomic E-state index is -0.260. The van der Waals surface area contributed by atoms with Gasteiger partial charge in [-0.05, 0) is 62.8 Å². The number of pyridine rings is 2. The first kappa shape index (κ1) is 26.2. The molecule has 9 heteroatoms. The molecule has 35 heavy (non-hydrogen) atoms. The smallest absolute Gasteiger partial charge is 0.126 e. The Morgan fingerprint density at radius 3 is 2.66 bits per heavy atom. The lowest BCUT2D eigenvalue weighted by atomic mass is 9.75. The number of hydrogen-bond acceptors (Lipinski definition) is 7. The highest BCUT2D eigenvalue weighted by Gasteiger charge is 2.28. The number of anilines is 2. The van der Waals surface area contributed by atoms with Crippen LogP contribution in [0.1, 0.15) is 45.4 Å². The van der Waals surface area contributed by atoms with Crippen LogP contribution in [0.4, 0.5) is 11.6 Å². The van der Waals surface area contributed by atoms with Gasteiger partial charge in [-0.15, -0.1) is 0 Å². The van der Waals surface area contributed by atoms with E-state index in [1.807, 2.05) is 24.3 Å². The van der Waals surface area contributed by atoms with Crippen LogP contribution in [0.15, 0.2) is 30.5 Å². The molecule has 2 aromatic rings. The standard InChI is InChI=1S/C26H40BClN6O/c1-18(15-27-2)32-19-6-8-20(9-7-19)33-25-14-21(22(28)16-30-25)23-4-3-5-24(34-23)31-17-26(29)10-12-35-13-11-26/h3-5,14,16,18-20,27,32H,6-13,15,17,29H2,1-2H3,(H,30,33)(H,31,34)/t18-,19-,20-/m0/s1. The fraction of sp³-hybridized carbons (Fsp3) is 0.615. The van der Waals surface area contributed by atoms with Gasteiger partial charge in [-0.3, -0.25) is 0 Å². The van der Waals surface area contributed by atoms with E-state index in [0.29, 0.717) is 42.9 Å².